The van der Waals surface area contributed by atoms with Gasteiger partial charge in [-0.25, -0.2) is 0 Å². The van der Waals surface area contributed by atoms with Crippen LogP contribution >= 0.6 is 34.5 Å². The summed E-state index contributed by atoms with van der Waals surface area (Å²) in [5.74, 6) is 0. The van der Waals surface area contributed by atoms with E-state index in [1.807, 2.05) is 12.3 Å². The number of ether oxygens (including phenoxy) is 1. The zero-order valence-corrected chi connectivity index (χ0v) is 13.1. The predicted molar refractivity (Wildman–Crippen MR) is 81.7 cm³/mol. The van der Waals surface area contributed by atoms with Gasteiger partial charge in [0, 0.05) is 13.1 Å². The molecule has 0 saturated carbocycles. The lowest BCUT2D eigenvalue weighted by molar-refractivity contribution is -0.0169. The van der Waals surface area contributed by atoms with E-state index in [4.69, 9.17) is 16.3 Å². The van der Waals surface area contributed by atoms with Gasteiger partial charge >= 0.3 is 0 Å². The average Bonchev–Trinajstić information content (AvgIpc) is 3.06. The third-order valence-corrected chi connectivity index (χ3v) is 5.19. The number of hydrogen-bond donors (Lipinski definition) is 0. The van der Waals surface area contributed by atoms with Gasteiger partial charge in [0.2, 0.25) is 0 Å². The van der Waals surface area contributed by atoms with Crippen molar-refractivity contribution >= 4 is 39.5 Å². The second kappa shape index (κ2) is 5.70. The molecule has 0 radical (unpaired) electrons. The van der Waals surface area contributed by atoms with Crippen molar-refractivity contribution in [3.05, 3.63) is 33.1 Å². The van der Waals surface area contributed by atoms with E-state index < -0.39 is 0 Å². The van der Waals surface area contributed by atoms with Crippen molar-refractivity contribution in [2.24, 2.45) is 0 Å². The van der Waals surface area contributed by atoms with Crippen LogP contribution in [0.25, 0.3) is 0 Å². The smallest absolute Gasteiger partial charge is 0.162 e. The minimum atomic E-state index is 0.0254. The molecule has 2 atom stereocenters. The van der Waals surface area contributed by atoms with Crippen molar-refractivity contribution < 1.29 is 4.74 Å². The number of morpholine rings is 1. The normalized spacial score (nSPS) is 22.8. The zero-order valence-electron chi connectivity index (χ0n) is 10.7. The maximum atomic E-state index is 9.21. The molecule has 20 heavy (non-hydrogen) atoms. The van der Waals surface area contributed by atoms with Crippen LogP contribution in [0.4, 0.5) is 5.00 Å². The topological polar surface area (TPSA) is 49.2 Å². The molecule has 1 aliphatic rings. The highest BCUT2D eigenvalue weighted by Gasteiger charge is 2.30. The minimum absolute atomic E-state index is 0.0254. The molecule has 1 saturated heterocycles. The van der Waals surface area contributed by atoms with E-state index >= 15 is 0 Å². The molecule has 0 spiro atoms. The number of rotatable bonds is 2. The monoisotopic (exact) mass is 325 g/mol. The molecular weight excluding hydrogens is 314 g/mol. The third kappa shape index (κ3) is 2.54. The summed E-state index contributed by atoms with van der Waals surface area (Å²) in [5.41, 5.74) is 1.65. The van der Waals surface area contributed by atoms with Crippen molar-refractivity contribution in [3.63, 3.8) is 0 Å². The van der Waals surface area contributed by atoms with Crippen molar-refractivity contribution in [3.8, 4) is 6.07 Å². The molecule has 3 heterocycles. The SMILES string of the molecule is CC1CN(c2snc(Cl)c2C#N)CC(c2ccsc2)O1. The highest BCUT2D eigenvalue weighted by atomic mass is 35.5. The molecule has 0 amide bonds. The van der Waals surface area contributed by atoms with Gasteiger partial charge in [0.25, 0.3) is 0 Å². The van der Waals surface area contributed by atoms with Crippen molar-refractivity contribution in [1.29, 1.82) is 5.26 Å². The molecule has 1 aliphatic heterocycles. The Hall–Kier alpha value is -1.13. The maximum Gasteiger partial charge on any atom is 0.162 e. The quantitative estimate of drug-likeness (QED) is 0.844. The standard InChI is InChI=1S/C13H12ClN3OS2/c1-8-5-17(13-10(4-15)12(14)16-20-13)6-11(18-8)9-2-3-19-7-9/h2-3,7-8,11H,5-6H2,1H3. The van der Waals surface area contributed by atoms with Crippen LogP contribution in [0.1, 0.15) is 24.2 Å². The minimum Gasteiger partial charge on any atom is -0.367 e. The molecule has 7 heteroatoms. The number of nitrogens with zero attached hydrogens (tertiary/aromatic N) is 3. The van der Waals surface area contributed by atoms with E-state index in [1.54, 1.807) is 11.3 Å². The van der Waals surface area contributed by atoms with Gasteiger partial charge in [0.1, 0.15) is 22.7 Å². The van der Waals surface area contributed by atoms with Crippen LogP contribution < -0.4 is 4.90 Å². The van der Waals surface area contributed by atoms with E-state index in [1.165, 1.54) is 17.1 Å². The number of aromatic nitrogens is 1. The fourth-order valence-corrected chi connectivity index (χ4v) is 4.08. The molecular formula is C13H12ClN3OS2. The number of anilines is 1. The van der Waals surface area contributed by atoms with E-state index in [0.717, 1.165) is 11.5 Å². The van der Waals surface area contributed by atoms with Crippen molar-refractivity contribution in [2.45, 2.75) is 19.1 Å². The fourth-order valence-electron chi connectivity index (χ4n) is 2.33. The van der Waals surface area contributed by atoms with E-state index in [-0.39, 0.29) is 12.2 Å². The number of halogens is 1. The lowest BCUT2D eigenvalue weighted by Gasteiger charge is -2.37. The lowest BCUT2D eigenvalue weighted by atomic mass is 10.1. The summed E-state index contributed by atoms with van der Waals surface area (Å²) >= 11 is 8.90. The average molecular weight is 326 g/mol. The number of hydrogen-bond acceptors (Lipinski definition) is 6. The maximum absolute atomic E-state index is 9.21. The van der Waals surface area contributed by atoms with Gasteiger partial charge in [-0.3, -0.25) is 0 Å². The van der Waals surface area contributed by atoms with Crippen LogP contribution in [0.2, 0.25) is 5.15 Å². The second-order valence-corrected chi connectivity index (χ2v) is 6.55. The zero-order chi connectivity index (χ0) is 14.1. The molecule has 104 valence electrons. The Morgan fingerprint density at radius 2 is 2.40 bits per heavy atom. The number of thiophene rings is 1. The van der Waals surface area contributed by atoms with Gasteiger partial charge in [0.15, 0.2) is 5.15 Å². The molecule has 3 rings (SSSR count). The molecule has 0 aliphatic carbocycles. The Bertz CT molecular complexity index is 635. The van der Waals surface area contributed by atoms with Crippen LogP contribution in [-0.2, 0) is 4.74 Å². The Morgan fingerprint density at radius 3 is 3.10 bits per heavy atom. The van der Waals surface area contributed by atoms with Crippen LogP contribution in [0, 0.1) is 11.3 Å². The number of nitriles is 1. The van der Waals surface area contributed by atoms with Gasteiger partial charge in [-0.1, -0.05) is 11.6 Å². The van der Waals surface area contributed by atoms with Gasteiger partial charge in [-0.15, -0.1) is 0 Å². The molecule has 0 bridgehead atoms. The molecule has 4 nitrogen and oxygen atoms in total. The lowest BCUT2D eigenvalue weighted by Crippen LogP contribution is -2.42. The molecule has 1 fully saturated rings. The first-order valence-electron chi connectivity index (χ1n) is 6.16. The third-order valence-electron chi connectivity index (χ3n) is 3.21. The van der Waals surface area contributed by atoms with Gasteiger partial charge in [-0.05, 0) is 40.8 Å². The summed E-state index contributed by atoms with van der Waals surface area (Å²) in [6, 6.07) is 4.22. The second-order valence-electron chi connectivity index (χ2n) is 4.66. The predicted octanol–water partition coefficient (Wildman–Crippen LogP) is 3.70. The summed E-state index contributed by atoms with van der Waals surface area (Å²) in [6.07, 6.45) is 0.124. The summed E-state index contributed by atoms with van der Waals surface area (Å²) < 4.78 is 10.1. The Kier molecular flexibility index (Phi) is 3.94. The first-order valence-corrected chi connectivity index (χ1v) is 8.26. The highest BCUT2D eigenvalue weighted by Crippen LogP contribution is 2.36. The molecule has 0 aromatic carbocycles. The first kappa shape index (κ1) is 13.8. The Morgan fingerprint density at radius 1 is 1.55 bits per heavy atom. The van der Waals surface area contributed by atoms with E-state index in [0.29, 0.717) is 17.3 Å². The van der Waals surface area contributed by atoms with Crippen LogP contribution in [0.5, 0.6) is 0 Å². The fraction of sp³-hybridized carbons (Fsp3) is 0.385. The van der Waals surface area contributed by atoms with Crippen LogP contribution in [0.15, 0.2) is 16.8 Å². The molecule has 2 unspecified atom stereocenters. The Balaban J connectivity index is 1.88. The molecule has 0 N–H and O–H groups in total. The van der Waals surface area contributed by atoms with Crippen molar-refractivity contribution in [1.82, 2.24) is 4.37 Å². The van der Waals surface area contributed by atoms with Crippen LogP contribution in [0.3, 0.4) is 0 Å². The van der Waals surface area contributed by atoms with Gasteiger partial charge in [0.05, 0.1) is 6.10 Å². The largest absolute Gasteiger partial charge is 0.367 e. The first-order chi connectivity index (χ1) is 9.69. The van der Waals surface area contributed by atoms with E-state index in [2.05, 4.69) is 26.8 Å². The van der Waals surface area contributed by atoms with Gasteiger partial charge in [-0.2, -0.15) is 21.0 Å². The summed E-state index contributed by atoms with van der Waals surface area (Å²) in [6.45, 7) is 3.50. The van der Waals surface area contributed by atoms with Crippen molar-refractivity contribution in [2.75, 3.05) is 18.0 Å². The van der Waals surface area contributed by atoms with Gasteiger partial charge < -0.3 is 9.64 Å². The summed E-state index contributed by atoms with van der Waals surface area (Å²) in [5, 5.41) is 14.5. The summed E-state index contributed by atoms with van der Waals surface area (Å²) in [4.78, 5) is 2.15. The van der Waals surface area contributed by atoms with Crippen LogP contribution in [-0.4, -0.2) is 23.6 Å². The molecule has 2 aromatic heterocycles. The Labute approximate surface area is 130 Å². The molecule has 2 aromatic rings. The summed E-state index contributed by atoms with van der Waals surface area (Å²) in [7, 11) is 0. The highest BCUT2D eigenvalue weighted by molar-refractivity contribution is 7.10. The van der Waals surface area contributed by atoms with E-state index in [9.17, 15) is 5.26 Å².